The largest absolute Gasteiger partial charge is 0.345 e. The maximum Gasteiger partial charge on any atom is 0.264 e. The summed E-state index contributed by atoms with van der Waals surface area (Å²) in [6, 6.07) is 3.38. The average Bonchev–Trinajstić information content (AvgIpc) is 2.91. The van der Waals surface area contributed by atoms with Crippen LogP contribution >= 0.6 is 22.3 Å². The summed E-state index contributed by atoms with van der Waals surface area (Å²) in [6.07, 6.45) is 1.07. The Morgan fingerprint density at radius 3 is 2.42 bits per heavy atom. The van der Waals surface area contributed by atoms with Crippen molar-refractivity contribution >= 4 is 49.1 Å². The van der Waals surface area contributed by atoms with E-state index in [9.17, 15) is 28.4 Å². The molecule has 5 nitrogen and oxygen atoms in total. The fourth-order valence-corrected chi connectivity index (χ4v) is 4.16. The van der Waals surface area contributed by atoms with Crippen LogP contribution in [0.1, 0.15) is 0 Å². The van der Waals surface area contributed by atoms with Crippen molar-refractivity contribution in [2.45, 2.75) is 9.79 Å². The maximum atomic E-state index is 13.9. The Morgan fingerprint density at radius 2 is 1.81 bits per heavy atom. The molecule has 26 heavy (non-hydrogen) atoms. The normalized spacial score (nSPS) is 14.2. The third-order valence-electron chi connectivity index (χ3n) is 3.34. The van der Waals surface area contributed by atoms with E-state index >= 15 is 0 Å². The maximum absolute atomic E-state index is 13.9. The first-order valence-corrected chi connectivity index (χ1v) is 10.4. The molecule has 0 unspecified atom stereocenters. The standard InChI is InChI=1S/C13H9ClF5N3O2S2/c14-12-4-2-8-11(6-20-13(8)21-12)25(23,24)22-10-3-1-7(5-9(10)15)26(16,17,18)19/h1-6,22,26H,(H,20,21). The molecule has 2 aromatic heterocycles. The lowest BCUT2D eigenvalue weighted by atomic mass is 10.3. The number of hydrogen-bond donors (Lipinski definition) is 3. The van der Waals surface area contributed by atoms with Crippen LogP contribution in [0.5, 0.6) is 0 Å². The van der Waals surface area contributed by atoms with Gasteiger partial charge in [-0.15, -0.1) is 15.5 Å². The molecule has 0 aliphatic carbocycles. The van der Waals surface area contributed by atoms with Gasteiger partial charge in [-0.2, -0.15) is 0 Å². The lowest BCUT2D eigenvalue weighted by Crippen LogP contribution is -2.14. The number of rotatable bonds is 4. The van der Waals surface area contributed by atoms with E-state index in [1.54, 1.807) is 0 Å². The number of aromatic nitrogens is 2. The molecule has 0 saturated carbocycles. The van der Waals surface area contributed by atoms with E-state index in [-0.39, 0.29) is 33.2 Å². The lowest BCUT2D eigenvalue weighted by Gasteiger charge is -2.29. The number of anilines is 1. The Kier molecular flexibility index (Phi) is 4.12. The summed E-state index contributed by atoms with van der Waals surface area (Å²) in [7, 11) is -12.5. The summed E-state index contributed by atoms with van der Waals surface area (Å²) in [5, 5.41) is 0.248. The molecular weight excluding hydrogens is 425 g/mol. The van der Waals surface area contributed by atoms with Gasteiger partial charge in [0.05, 0.1) is 10.6 Å². The highest BCUT2D eigenvalue weighted by atomic mass is 35.5. The zero-order chi connectivity index (χ0) is 19.4. The molecule has 0 aliphatic heterocycles. The molecule has 0 bridgehead atoms. The molecule has 0 spiro atoms. The van der Waals surface area contributed by atoms with Crippen molar-refractivity contribution in [3.8, 4) is 0 Å². The second-order valence-electron chi connectivity index (χ2n) is 5.17. The molecule has 2 heterocycles. The fourth-order valence-electron chi connectivity index (χ4n) is 2.17. The number of H-pyrrole nitrogens is 1. The average molecular weight is 434 g/mol. The highest BCUT2D eigenvalue weighted by molar-refractivity contribution is 8.33. The highest BCUT2D eigenvalue weighted by Gasteiger charge is 2.40. The SMILES string of the molecule is O=S(=O)(Nc1ccc([SH](F)(F)(F)F)cc1F)c1c[nH]c2nc(Cl)ccc12. The number of thiol groups is 1. The van der Waals surface area contributed by atoms with Crippen LogP contribution in [0.3, 0.4) is 0 Å². The number of nitrogens with one attached hydrogen (secondary N) is 2. The molecule has 1 aromatic carbocycles. The number of aromatic amines is 1. The van der Waals surface area contributed by atoms with Gasteiger partial charge in [0.15, 0.2) is 10.7 Å². The van der Waals surface area contributed by atoms with Crippen LogP contribution in [0, 0.1) is 5.82 Å². The van der Waals surface area contributed by atoms with Gasteiger partial charge in [-0.1, -0.05) is 11.6 Å². The smallest absolute Gasteiger partial charge is 0.264 e. The molecule has 3 aromatic rings. The summed E-state index contributed by atoms with van der Waals surface area (Å²) >= 11 is 5.69. The number of pyridine rings is 1. The Labute approximate surface area is 149 Å². The molecular formula is C13H9ClF5N3O2S2. The second kappa shape index (κ2) is 5.72. The van der Waals surface area contributed by atoms with Crippen molar-refractivity contribution in [2.24, 2.45) is 0 Å². The zero-order valence-electron chi connectivity index (χ0n) is 12.4. The van der Waals surface area contributed by atoms with E-state index in [1.807, 2.05) is 4.72 Å². The van der Waals surface area contributed by atoms with Crippen LogP contribution in [0.15, 0.2) is 46.3 Å². The number of sulfonamides is 1. The van der Waals surface area contributed by atoms with E-state index in [1.165, 1.54) is 12.1 Å². The first kappa shape index (κ1) is 18.7. The molecule has 13 heteroatoms. The molecule has 0 fully saturated rings. The van der Waals surface area contributed by atoms with Crippen molar-refractivity contribution in [3.63, 3.8) is 0 Å². The van der Waals surface area contributed by atoms with E-state index in [2.05, 4.69) is 9.97 Å². The van der Waals surface area contributed by atoms with Crippen molar-refractivity contribution < 1.29 is 28.4 Å². The van der Waals surface area contributed by atoms with Crippen molar-refractivity contribution in [2.75, 3.05) is 4.72 Å². The molecule has 0 amide bonds. The van der Waals surface area contributed by atoms with E-state index in [0.717, 1.165) is 6.20 Å². The van der Waals surface area contributed by atoms with E-state index in [4.69, 9.17) is 11.6 Å². The quantitative estimate of drug-likeness (QED) is 0.303. The van der Waals surface area contributed by atoms with Gasteiger partial charge in [0.2, 0.25) is 0 Å². The molecule has 0 atom stereocenters. The van der Waals surface area contributed by atoms with Gasteiger partial charge in [0.25, 0.3) is 10.0 Å². The molecule has 3 rings (SSSR count). The fraction of sp³-hybridized carbons (Fsp3) is 0. The van der Waals surface area contributed by atoms with Gasteiger partial charge in [-0.3, -0.25) is 4.72 Å². The summed E-state index contributed by atoms with van der Waals surface area (Å²) < 4.78 is 91.3. The monoisotopic (exact) mass is 433 g/mol. The van der Waals surface area contributed by atoms with Crippen LogP contribution in [0.4, 0.5) is 25.6 Å². The first-order chi connectivity index (χ1) is 11.8. The summed E-state index contributed by atoms with van der Waals surface area (Å²) in [5.41, 5.74) is -0.610. The Balaban J connectivity index is 2.00. The third-order valence-corrected chi connectivity index (χ3v) is 6.02. The van der Waals surface area contributed by atoms with Gasteiger partial charge in [-0.25, -0.2) is 17.8 Å². The topological polar surface area (TPSA) is 74.8 Å². The van der Waals surface area contributed by atoms with Crippen molar-refractivity contribution in [1.82, 2.24) is 9.97 Å². The number of hydrogen-bond acceptors (Lipinski definition) is 3. The van der Waals surface area contributed by atoms with Gasteiger partial charge >= 0.3 is 0 Å². The summed E-state index contributed by atoms with van der Waals surface area (Å²) in [5.74, 6) is -1.56. The first-order valence-electron chi connectivity index (χ1n) is 6.69. The summed E-state index contributed by atoms with van der Waals surface area (Å²) in [4.78, 5) is 4.34. The number of benzene rings is 1. The van der Waals surface area contributed by atoms with Crippen LogP contribution in [0.25, 0.3) is 11.0 Å². The van der Waals surface area contributed by atoms with Crippen LogP contribution < -0.4 is 4.72 Å². The second-order valence-corrected chi connectivity index (χ2v) is 9.17. The zero-order valence-corrected chi connectivity index (χ0v) is 14.8. The van der Waals surface area contributed by atoms with Crippen LogP contribution in [0.2, 0.25) is 5.15 Å². The predicted octanol–water partition coefficient (Wildman–Crippen LogP) is 5.13. The van der Waals surface area contributed by atoms with Crippen molar-refractivity contribution in [1.29, 1.82) is 0 Å². The minimum atomic E-state index is -8.15. The summed E-state index contributed by atoms with van der Waals surface area (Å²) in [6.45, 7) is 0. The Hall–Kier alpha value is -2.05. The predicted molar refractivity (Wildman–Crippen MR) is 90.0 cm³/mol. The minimum absolute atomic E-state index is 0.0910. The molecule has 142 valence electrons. The molecule has 2 N–H and O–H groups in total. The Bertz CT molecular complexity index is 1120. The van der Waals surface area contributed by atoms with Gasteiger partial charge in [0.1, 0.15) is 21.5 Å². The van der Waals surface area contributed by atoms with Crippen molar-refractivity contribution in [3.05, 3.63) is 47.5 Å². The minimum Gasteiger partial charge on any atom is -0.345 e. The van der Waals surface area contributed by atoms with Gasteiger partial charge in [-0.05, 0) is 30.3 Å². The van der Waals surface area contributed by atoms with Gasteiger partial charge in [0, 0.05) is 11.6 Å². The molecule has 0 radical (unpaired) electrons. The van der Waals surface area contributed by atoms with E-state index < -0.39 is 37.1 Å². The number of halogens is 6. The Morgan fingerprint density at radius 1 is 1.12 bits per heavy atom. The van der Waals surface area contributed by atoms with Crippen LogP contribution in [-0.4, -0.2) is 18.4 Å². The van der Waals surface area contributed by atoms with E-state index in [0.29, 0.717) is 6.07 Å². The number of nitrogens with zero attached hydrogens (tertiary/aromatic N) is 1. The molecule has 0 aliphatic rings. The van der Waals surface area contributed by atoms with Crippen LogP contribution in [-0.2, 0) is 10.0 Å². The molecule has 0 saturated heterocycles. The highest BCUT2D eigenvalue weighted by Crippen LogP contribution is 2.82. The lowest BCUT2D eigenvalue weighted by molar-refractivity contribution is 0.493. The third kappa shape index (κ3) is 3.57. The van der Waals surface area contributed by atoms with Gasteiger partial charge < -0.3 is 4.98 Å². The number of fused-ring (bicyclic) bond motifs is 1.